The smallest absolute Gasteiger partial charge is 0.238 e. The minimum Gasteiger partial charge on any atom is -0.492 e. The van der Waals surface area contributed by atoms with Gasteiger partial charge in [-0.3, -0.25) is 9.59 Å². The molecular formula is C28H25NO3. The van der Waals surface area contributed by atoms with Gasteiger partial charge in [0.15, 0.2) is 0 Å². The zero-order valence-electron chi connectivity index (χ0n) is 18.2. The molecule has 7 rings (SSSR count). The van der Waals surface area contributed by atoms with Crippen molar-refractivity contribution < 1.29 is 14.3 Å². The second-order valence-electron chi connectivity index (χ2n) is 8.87. The number of benzene rings is 3. The zero-order valence-corrected chi connectivity index (χ0v) is 18.2. The van der Waals surface area contributed by atoms with E-state index in [-0.39, 0.29) is 35.5 Å². The molecule has 0 saturated carbocycles. The van der Waals surface area contributed by atoms with Gasteiger partial charge < -0.3 is 4.74 Å². The highest BCUT2D eigenvalue weighted by molar-refractivity contribution is 6.24. The van der Waals surface area contributed by atoms with E-state index in [1.165, 1.54) is 32.7 Å². The summed E-state index contributed by atoms with van der Waals surface area (Å²) in [4.78, 5) is 29.2. The number of amides is 2. The first kappa shape index (κ1) is 19.3. The third-order valence-electron chi connectivity index (χ3n) is 7.42. The molecule has 0 spiro atoms. The summed E-state index contributed by atoms with van der Waals surface area (Å²) in [5.74, 6) is -0.586. The van der Waals surface area contributed by atoms with Crippen LogP contribution in [0, 0.1) is 11.8 Å². The lowest BCUT2D eigenvalue weighted by molar-refractivity contribution is -0.122. The molecule has 1 heterocycles. The Morgan fingerprint density at radius 3 is 2.00 bits per heavy atom. The lowest BCUT2D eigenvalue weighted by Crippen LogP contribution is -2.41. The van der Waals surface area contributed by atoms with Crippen LogP contribution >= 0.6 is 0 Å². The second kappa shape index (κ2) is 7.06. The number of aryl methyl sites for hydroxylation is 1. The predicted molar refractivity (Wildman–Crippen MR) is 123 cm³/mol. The van der Waals surface area contributed by atoms with Gasteiger partial charge >= 0.3 is 0 Å². The van der Waals surface area contributed by atoms with Crippen LogP contribution in [0.15, 0.2) is 66.7 Å². The molecule has 4 atom stereocenters. The Labute approximate surface area is 187 Å². The highest BCUT2D eigenvalue weighted by Gasteiger charge is 2.62. The number of imide groups is 1. The number of nitrogens with zero attached hydrogens (tertiary/aromatic N) is 1. The highest BCUT2D eigenvalue weighted by atomic mass is 16.5. The van der Waals surface area contributed by atoms with Crippen LogP contribution in [-0.4, -0.2) is 18.4 Å². The van der Waals surface area contributed by atoms with Gasteiger partial charge in [0.1, 0.15) is 5.75 Å². The molecule has 0 unspecified atom stereocenters. The molecule has 0 N–H and O–H groups in total. The lowest BCUT2D eigenvalue weighted by atomic mass is 9.55. The molecule has 0 radical (unpaired) electrons. The zero-order chi connectivity index (χ0) is 22.0. The van der Waals surface area contributed by atoms with Gasteiger partial charge in [0, 0.05) is 11.8 Å². The Morgan fingerprint density at radius 2 is 1.34 bits per heavy atom. The van der Waals surface area contributed by atoms with E-state index in [9.17, 15) is 9.59 Å². The summed E-state index contributed by atoms with van der Waals surface area (Å²) in [6.07, 6.45) is 0.946. The van der Waals surface area contributed by atoms with E-state index < -0.39 is 0 Å². The summed E-state index contributed by atoms with van der Waals surface area (Å²) in [6.45, 7) is 4.53. The molecule has 4 heteroatoms. The number of para-hydroxylation sites is 2. The number of hydrogen-bond donors (Lipinski definition) is 0. The van der Waals surface area contributed by atoms with Crippen molar-refractivity contribution in [2.24, 2.45) is 11.8 Å². The van der Waals surface area contributed by atoms with Crippen molar-refractivity contribution >= 4 is 17.5 Å². The lowest BCUT2D eigenvalue weighted by Gasteiger charge is -2.46. The van der Waals surface area contributed by atoms with Crippen molar-refractivity contribution in [2.75, 3.05) is 11.5 Å². The minimum atomic E-state index is -0.378. The van der Waals surface area contributed by atoms with Crippen LogP contribution in [0.3, 0.4) is 0 Å². The van der Waals surface area contributed by atoms with Crippen molar-refractivity contribution in [3.05, 3.63) is 94.5 Å². The highest BCUT2D eigenvalue weighted by Crippen LogP contribution is 2.61. The SMILES string of the molecule is CCOc1ccccc1N1C(=O)[C@@H]2[C@@H]3c4ccccc4[C@H](c4ccc(CC)cc43)[C@@H]2C1=O. The molecule has 2 amide bonds. The van der Waals surface area contributed by atoms with Crippen LogP contribution in [-0.2, 0) is 16.0 Å². The summed E-state index contributed by atoms with van der Waals surface area (Å²) in [7, 11) is 0. The fourth-order valence-corrected chi connectivity index (χ4v) is 6.15. The maximum absolute atomic E-state index is 13.9. The van der Waals surface area contributed by atoms with Gasteiger partial charge in [-0.2, -0.15) is 0 Å². The van der Waals surface area contributed by atoms with Crippen LogP contribution in [0.25, 0.3) is 0 Å². The van der Waals surface area contributed by atoms with Crippen LogP contribution in [0.2, 0.25) is 0 Å². The minimum absolute atomic E-state index is 0.0941. The molecule has 4 nitrogen and oxygen atoms in total. The van der Waals surface area contributed by atoms with Crippen LogP contribution in [0.1, 0.15) is 53.5 Å². The van der Waals surface area contributed by atoms with E-state index in [1.807, 2.05) is 43.3 Å². The number of carbonyl (C=O) groups excluding carboxylic acids is 2. The van der Waals surface area contributed by atoms with E-state index in [4.69, 9.17) is 4.74 Å². The van der Waals surface area contributed by atoms with E-state index >= 15 is 0 Å². The van der Waals surface area contributed by atoms with Crippen molar-refractivity contribution in [1.82, 2.24) is 0 Å². The molecule has 3 aliphatic carbocycles. The summed E-state index contributed by atoms with van der Waals surface area (Å²) in [6, 6.07) is 22.3. The molecule has 32 heavy (non-hydrogen) atoms. The summed E-state index contributed by atoms with van der Waals surface area (Å²) in [5, 5.41) is 0. The second-order valence-corrected chi connectivity index (χ2v) is 8.87. The summed E-state index contributed by atoms with van der Waals surface area (Å²) in [5.41, 5.74) is 6.63. The fraction of sp³-hybridized carbons (Fsp3) is 0.286. The number of hydrogen-bond acceptors (Lipinski definition) is 3. The molecule has 160 valence electrons. The number of carbonyl (C=O) groups is 2. The Bertz CT molecular complexity index is 1260. The van der Waals surface area contributed by atoms with Crippen LogP contribution < -0.4 is 9.64 Å². The molecule has 1 fully saturated rings. The maximum atomic E-state index is 13.9. The van der Waals surface area contributed by atoms with Gasteiger partial charge in [0.05, 0.1) is 24.1 Å². The molecule has 3 aromatic rings. The maximum Gasteiger partial charge on any atom is 0.238 e. The van der Waals surface area contributed by atoms with Crippen molar-refractivity contribution in [2.45, 2.75) is 32.1 Å². The fourth-order valence-electron chi connectivity index (χ4n) is 6.15. The van der Waals surface area contributed by atoms with Gasteiger partial charge in [-0.05, 0) is 53.3 Å². The van der Waals surface area contributed by atoms with Gasteiger partial charge in [-0.1, -0.05) is 61.5 Å². The van der Waals surface area contributed by atoms with E-state index in [0.717, 1.165) is 6.42 Å². The number of ether oxygens (including phenoxy) is 1. The van der Waals surface area contributed by atoms with Crippen LogP contribution in [0.5, 0.6) is 5.75 Å². The molecular weight excluding hydrogens is 398 g/mol. The molecule has 0 aromatic heterocycles. The third-order valence-corrected chi connectivity index (χ3v) is 7.42. The Hall–Kier alpha value is -3.40. The topological polar surface area (TPSA) is 46.6 Å². The Morgan fingerprint density at radius 1 is 0.750 bits per heavy atom. The normalized spacial score (nSPS) is 24.9. The molecule has 4 aliphatic rings. The molecule has 2 bridgehead atoms. The van der Waals surface area contributed by atoms with Crippen molar-refractivity contribution in [1.29, 1.82) is 0 Å². The Kier molecular flexibility index (Phi) is 4.26. The first-order valence-electron chi connectivity index (χ1n) is 11.5. The van der Waals surface area contributed by atoms with E-state index in [2.05, 4.69) is 37.3 Å². The van der Waals surface area contributed by atoms with Gasteiger partial charge in [-0.15, -0.1) is 0 Å². The van der Waals surface area contributed by atoms with Gasteiger partial charge in [0.2, 0.25) is 11.8 Å². The number of rotatable bonds is 4. The predicted octanol–water partition coefficient (Wildman–Crippen LogP) is 5.04. The summed E-state index contributed by atoms with van der Waals surface area (Å²) < 4.78 is 5.78. The average molecular weight is 424 g/mol. The van der Waals surface area contributed by atoms with Crippen LogP contribution in [0.4, 0.5) is 5.69 Å². The quantitative estimate of drug-likeness (QED) is 0.552. The van der Waals surface area contributed by atoms with E-state index in [0.29, 0.717) is 18.0 Å². The van der Waals surface area contributed by atoms with Gasteiger partial charge in [0.25, 0.3) is 0 Å². The van der Waals surface area contributed by atoms with Crippen molar-refractivity contribution in [3.8, 4) is 5.75 Å². The molecule has 1 aliphatic heterocycles. The average Bonchev–Trinajstić information content (AvgIpc) is 3.10. The van der Waals surface area contributed by atoms with Gasteiger partial charge in [-0.25, -0.2) is 4.90 Å². The monoisotopic (exact) mass is 423 g/mol. The summed E-state index contributed by atoms with van der Waals surface area (Å²) >= 11 is 0. The van der Waals surface area contributed by atoms with Crippen molar-refractivity contribution in [3.63, 3.8) is 0 Å². The van der Waals surface area contributed by atoms with E-state index in [1.54, 1.807) is 0 Å². The third kappa shape index (κ3) is 2.44. The largest absolute Gasteiger partial charge is 0.492 e. The first-order valence-corrected chi connectivity index (χ1v) is 11.5. The first-order chi connectivity index (χ1) is 15.7. The Balaban J connectivity index is 1.55. The molecule has 1 saturated heterocycles. The molecule has 3 aromatic carbocycles. The number of anilines is 1. The standard InChI is InChI=1S/C28H25NO3/c1-3-16-13-14-19-20(15-16)24-18-10-6-5-9-17(18)23(19)25-26(24)28(31)29(27(25)30)21-11-7-8-12-22(21)32-4-2/h5-15,23-26H,3-4H2,1-2H3/t23-,24-,25+,26-/m1/s1.